The first kappa shape index (κ1) is 14.5. The average molecular weight is 267 g/mol. The highest BCUT2D eigenvalue weighted by molar-refractivity contribution is 5.00. The van der Waals surface area contributed by atoms with Crippen molar-refractivity contribution in [2.45, 2.75) is 52.1 Å². The van der Waals surface area contributed by atoms with Crippen LogP contribution in [0, 0.1) is 5.92 Å². The van der Waals surface area contributed by atoms with Crippen LogP contribution in [0.5, 0.6) is 0 Å². The molecular weight excluding hydrogens is 242 g/mol. The van der Waals surface area contributed by atoms with Gasteiger partial charge in [0.1, 0.15) is 5.60 Å². The number of aromatic nitrogens is 2. The third-order valence-electron chi connectivity index (χ3n) is 3.94. The molecule has 1 aromatic heterocycles. The van der Waals surface area contributed by atoms with Crippen molar-refractivity contribution < 1.29 is 9.26 Å². The second kappa shape index (κ2) is 6.48. The molecule has 1 aromatic rings. The van der Waals surface area contributed by atoms with Crippen molar-refractivity contribution in [2.24, 2.45) is 5.92 Å². The quantitative estimate of drug-likeness (QED) is 0.856. The van der Waals surface area contributed by atoms with Crippen LogP contribution in [-0.4, -0.2) is 29.8 Å². The highest BCUT2D eigenvalue weighted by Crippen LogP contribution is 2.27. The SMILES string of the molecule is CCOC(C)(CC)c1noc(CC2CCCNC2)n1. The molecule has 2 atom stereocenters. The summed E-state index contributed by atoms with van der Waals surface area (Å²) >= 11 is 0. The maximum atomic E-state index is 5.77. The number of nitrogens with zero attached hydrogens (tertiary/aromatic N) is 2. The molecule has 1 saturated heterocycles. The van der Waals surface area contributed by atoms with Crippen LogP contribution in [0.4, 0.5) is 0 Å². The Labute approximate surface area is 115 Å². The molecule has 0 amide bonds. The van der Waals surface area contributed by atoms with E-state index in [0.29, 0.717) is 18.3 Å². The molecule has 5 heteroatoms. The van der Waals surface area contributed by atoms with Gasteiger partial charge in [-0.25, -0.2) is 0 Å². The number of nitrogens with one attached hydrogen (secondary N) is 1. The van der Waals surface area contributed by atoms with E-state index in [1.54, 1.807) is 0 Å². The van der Waals surface area contributed by atoms with Crippen molar-refractivity contribution in [1.29, 1.82) is 0 Å². The molecule has 0 bridgehead atoms. The third-order valence-corrected chi connectivity index (χ3v) is 3.94. The van der Waals surface area contributed by atoms with Crippen molar-refractivity contribution in [3.8, 4) is 0 Å². The van der Waals surface area contributed by atoms with E-state index in [-0.39, 0.29) is 0 Å². The Morgan fingerprint density at radius 1 is 1.47 bits per heavy atom. The van der Waals surface area contributed by atoms with Crippen LogP contribution in [0.3, 0.4) is 0 Å². The predicted octanol–water partition coefficient (Wildman–Crippen LogP) is 2.27. The van der Waals surface area contributed by atoms with Crippen molar-refractivity contribution in [3.05, 3.63) is 11.7 Å². The van der Waals surface area contributed by atoms with Crippen molar-refractivity contribution in [2.75, 3.05) is 19.7 Å². The summed E-state index contributed by atoms with van der Waals surface area (Å²) in [5, 5.41) is 7.52. The van der Waals surface area contributed by atoms with Gasteiger partial charge in [0.05, 0.1) is 0 Å². The van der Waals surface area contributed by atoms with Crippen LogP contribution in [0.1, 0.15) is 51.7 Å². The Balaban J connectivity index is 2.01. The normalized spacial score (nSPS) is 23.2. The molecule has 2 unspecified atom stereocenters. The molecule has 19 heavy (non-hydrogen) atoms. The van der Waals surface area contributed by atoms with Crippen LogP contribution in [-0.2, 0) is 16.8 Å². The zero-order valence-electron chi connectivity index (χ0n) is 12.2. The fraction of sp³-hybridized carbons (Fsp3) is 0.857. The largest absolute Gasteiger partial charge is 0.367 e. The van der Waals surface area contributed by atoms with Gasteiger partial charge in [-0.3, -0.25) is 0 Å². The van der Waals surface area contributed by atoms with Crippen LogP contribution in [0.2, 0.25) is 0 Å². The van der Waals surface area contributed by atoms with E-state index >= 15 is 0 Å². The van der Waals surface area contributed by atoms with E-state index in [2.05, 4.69) is 22.4 Å². The zero-order chi connectivity index (χ0) is 13.7. The van der Waals surface area contributed by atoms with Gasteiger partial charge >= 0.3 is 0 Å². The van der Waals surface area contributed by atoms with Gasteiger partial charge in [0.25, 0.3) is 0 Å². The molecule has 1 N–H and O–H groups in total. The summed E-state index contributed by atoms with van der Waals surface area (Å²) in [5.74, 6) is 2.03. The monoisotopic (exact) mass is 267 g/mol. The van der Waals surface area contributed by atoms with E-state index in [9.17, 15) is 0 Å². The number of piperidine rings is 1. The summed E-state index contributed by atoms with van der Waals surface area (Å²) in [4.78, 5) is 4.54. The topological polar surface area (TPSA) is 60.2 Å². The van der Waals surface area contributed by atoms with E-state index in [0.717, 1.165) is 31.8 Å². The Kier molecular flexibility index (Phi) is 4.93. The molecule has 5 nitrogen and oxygen atoms in total. The highest BCUT2D eigenvalue weighted by Gasteiger charge is 2.31. The second-order valence-corrected chi connectivity index (χ2v) is 5.45. The third kappa shape index (κ3) is 3.54. The average Bonchev–Trinajstić information content (AvgIpc) is 2.89. The smallest absolute Gasteiger partial charge is 0.227 e. The van der Waals surface area contributed by atoms with Crippen molar-refractivity contribution in [1.82, 2.24) is 15.5 Å². The molecule has 2 heterocycles. The minimum absolute atomic E-state index is 0.429. The molecule has 0 aliphatic carbocycles. The molecule has 108 valence electrons. The van der Waals surface area contributed by atoms with E-state index in [4.69, 9.17) is 9.26 Å². The molecule has 1 aliphatic heterocycles. The summed E-state index contributed by atoms with van der Waals surface area (Å²) in [7, 11) is 0. The first-order valence-corrected chi connectivity index (χ1v) is 7.35. The van der Waals surface area contributed by atoms with E-state index in [1.807, 2.05) is 13.8 Å². The lowest BCUT2D eigenvalue weighted by molar-refractivity contribution is -0.0403. The van der Waals surface area contributed by atoms with Gasteiger partial charge in [-0.2, -0.15) is 4.98 Å². The van der Waals surface area contributed by atoms with Gasteiger partial charge in [0, 0.05) is 13.0 Å². The standard InChI is InChI=1S/C14H25N3O2/c1-4-14(3,18-5-2)13-16-12(19-17-13)9-11-7-6-8-15-10-11/h11,15H,4-10H2,1-3H3. The van der Waals surface area contributed by atoms with Crippen LogP contribution in [0.25, 0.3) is 0 Å². The minimum atomic E-state index is -0.429. The van der Waals surface area contributed by atoms with Crippen LogP contribution >= 0.6 is 0 Å². The molecule has 0 spiro atoms. The maximum Gasteiger partial charge on any atom is 0.227 e. The van der Waals surface area contributed by atoms with Gasteiger partial charge in [0.2, 0.25) is 11.7 Å². The molecular formula is C14H25N3O2. The molecule has 0 aromatic carbocycles. The number of rotatable bonds is 6. The van der Waals surface area contributed by atoms with Crippen LogP contribution in [0.15, 0.2) is 4.52 Å². The summed E-state index contributed by atoms with van der Waals surface area (Å²) in [5.41, 5.74) is -0.429. The van der Waals surface area contributed by atoms with E-state index < -0.39 is 5.60 Å². The van der Waals surface area contributed by atoms with E-state index in [1.165, 1.54) is 12.8 Å². The second-order valence-electron chi connectivity index (χ2n) is 5.45. The fourth-order valence-corrected chi connectivity index (χ4v) is 2.54. The first-order valence-electron chi connectivity index (χ1n) is 7.35. The summed E-state index contributed by atoms with van der Waals surface area (Å²) in [6, 6.07) is 0. The lowest BCUT2D eigenvalue weighted by Crippen LogP contribution is -2.31. The number of hydrogen-bond acceptors (Lipinski definition) is 5. The van der Waals surface area contributed by atoms with Crippen molar-refractivity contribution in [3.63, 3.8) is 0 Å². The Bertz CT molecular complexity index is 388. The highest BCUT2D eigenvalue weighted by atomic mass is 16.5. The van der Waals surface area contributed by atoms with Gasteiger partial charge in [-0.05, 0) is 52.1 Å². The minimum Gasteiger partial charge on any atom is -0.367 e. The number of hydrogen-bond donors (Lipinski definition) is 1. The van der Waals surface area contributed by atoms with Gasteiger partial charge in [0.15, 0.2) is 0 Å². The summed E-state index contributed by atoms with van der Waals surface area (Å²) < 4.78 is 11.2. The predicted molar refractivity (Wildman–Crippen MR) is 72.9 cm³/mol. The number of ether oxygens (including phenoxy) is 1. The Morgan fingerprint density at radius 2 is 2.32 bits per heavy atom. The molecule has 1 aliphatic rings. The van der Waals surface area contributed by atoms with Crippen molar-refractivity contribution >= 4 is 0 Å². The van der Waals surface area contributed by atoms with Gasteiger partial charge < -0.3 is 14.6 Å². The zero-order valence-corrected chi connectivity index (χ0v) is 12.2. The summed E-state index contributed by atoms with van der Waals surface area (Å²) in [6.45, 7) is 8.92. The Morgan fingerprint density at radius 3 is 2.95 bits per heavy atom. The molecule has 1 fully saturated rings. The summed E-state index contributed by atoms with van der Waals surface area (Å²) in [6.07, 6.45) is 4.18. The molecule has 2 rings (SSSR count). The van der Waals surface area contributed by atoms with Crippen LogP contribution < -0.4 is 5.32 Å². The lowest BCUT2D eigenvalue weighted by Gasteiger charge is -2.24. The fourth-order valence-electron chi connectivity index (χ4n) is 2.54. The van der Waals surface area contributed by atoms with Gasteiger partial charge in [-0.1, -0.05) is 12.1 Å². The van der Waals surface area contributed by atoms with Gasteiger partial charge in [-0.15, -0.1) is 0 Å². The lowest BCUT2D eigenvalue weighted by atomic mass is 9.96. The maximum absolute atomic E-state index is 5.77. The molecule has 0 radical (unpaired) electrons. The first-order chi connectivity index (χ1) is 9.18. The molecule has 0 saturated carbocycles. The Hall–Kier alpha value is -0.940.